The number of ether oxygens (including phenoxy) is 2. The zero-order chi connectivity index (χ0) is 27.9. The number of hydrogen-bond donors (Lipinski definition) is 1. The Labute approximate surface area is 240 Å². The highest BCUT2D eigenvalue weighted by Crippen LogP contribution is 2.35. The van der Waals surface area contributed by atoms with E-state index in [2.05, 4.69) is 35.1 Å². The third kappa shape index (κ3) is 7.30. The Balaban J connectivity index is 1.44. The minimum Gasteiger partial charge on any atom is -0.490 e. The average molecular weight is 610 g/mol. The predicted octanol–water partition coefficient (Wildman–Crippen LogP) is 7.23. The molecule has 1 fully saturated rings. The largest absolute Gasteiger partial charge is 0.490 e. The molecule has 1 aliphatic heterocycles. The number of nitrogens with zero attached hydrogens (tertiary/aromatic N) is 1. The molecule has 3 aromatic carbocycles. The van der Waals surface area contributed by atoms with E-state index in [-0.39, 0.29) is 36.1 Å². The molecule has 1 saturated heterocycles. The highest BCUT2D eigenvalue weighted by molar-refractivity contribution is 9.10. The molecule has 0 atom stereocenters. The molecule has 0 bridgehead atoms. The molecule has 0 unspecified atom stereocenters. The maximum absolute atomic E-state index is 13.0. The normalized spacial score (nSPS) is 14.3. The third-order valence-electron chi connectivity index (χ3n) is 5.91. The number of carbonyl (C=O) groups excluding carboxylic acids is 3. The van der Waals surface area contributed by atoms with Crippen LogP contribution in [0.25, 0.3) is 6.08 Å². The highest BCUT2D eigenvalue weighted by Gasteiger charge is 2.35. The van der Waals surface area contributed by atoms with Crippen LogP contribution >= 0.6 is 27.7 Å². The number of rotatable bonds is 10. The fourth-order valence-electron chi connectivity index (χ4n) is 4.01. The first-order valence-electron chi connectivity index (χ1n) is 12.5. The van der Waals surface area contributed by atoms with Crippen LogP contribution in [-0.4, -0.2) is 35.2 Å². The van der Waals surface area contributed by atoms with Crippen LogP contribution in [0.3, 0.4) is 0 Å². The van der Waals surface area contributed by atoms with E-state index in [9.17, 15) is 14.4 Å². The molecule has 39 heavy (non-hydrogen) atoms. The molecule has 0 aromatic heterocycles. The number of hydrogen-bond acceptors (Lipinski definition) is 6. The maximum Gasteiger partial charge on any atom is 0.293 e. The monoisotopic (exact) mass is 608 g/mol. The number of amides is 3. The molecule has 1 aliphatic rings. The van der Waals surface area contributed by atoms with Crippen molar-refractivity contribution in [2.24, 2.45) is 0 Å². The van der Waals surface area contributed by atoms with Crippen molar-refractivity contribution in [3.8, 4) is 11.5 Å². The van der Waals surface area contributed by atoms with E-state index >= 15 is 0 Å². The number of carbonyl (C=O) groups is 3. The quantitative estimate of drug-likeness (QED) is 0.244. The molecule has 4 rings (SSSR count). The first-order valence-corrected chi connectivity index (χ1v) is 14.1. The number of halogens is 1. The van der Waals surface area contributed by atoms with Crippen LogP contribution in [0.2, 0.25) is 0 Å². The van der Waals surface area contributed by atoms with Crippen molar-refractivity contribution in [2.75, 3.05) is 18.5 Å². The number of nitrogens with one attached hydrogen (secondary N) is 1. The van der Waals surface area contributed by atoms with Gasteiger partial charge in [-0.3, -0.25) is 19.3 Å². The Morgan fingerprint density at radius 3 is 2.49 bits per heavy atom. The van der Waals surface area contributed by atoms with Gasteiger partial charge in [0.15, 0.2) is 18.1 Å². The number of para-hydroxylation sites is 1. The van der Waals surface area contributed by atoms with E-state index in [4.69, 9.17) is 9.47 Å². The Morgan fingerprint density at radius 1 is 1.03 bits per heavy atom. The minimum atomic E-state index is -0.343. The first kappa shape index (κ1) is 28.4. The lowest BCUT2D eigenvalue weighted by Crippen LogP contribution is -2.27. The van der Waals surface area contributed by atoms with Gasteiger partial charge in [0.05, 0.1) is 18.1 Å². The van der Waals surface area contributed by atoms with Gasteiger partial charge in [-0.1, -0.05) is 66.2 Å². The summed E-state index contributed by atoms with van der Waals surface area (Å²) in [6.45, 7) is 6.38. The van der Waals surface area contributed by atoms with Gasteiger partial charge < -0.3 is 14.8 Å². The van der Waals surface area contributed by atoms with Crippen molar-refractivity contribution in [1.82, 2.24) is 4.90 Å². The Kier molecular flexibility index (Phi) is 9.48. The fourth-order valence-corrected chi connectivity index (χ4v) is 5.11. The lowest BCUT2D eigenvalue weighted by Gasteiger charge is -2.15. The van der Waals surface area contributed by atoms with E-state index in [1.54, 1.807) is 24.3 Å². The van der Waals surface area contributed by atoms with Gasteiger partial charge in [-0.05, 0) is 77.7 Å². The van der Waals surface area contributed by atoms with Gasteiger partial charge in [0.2, 0.25) is 0 Å². The average Bonchev–Trinajstić information content (AvgIpc) is 3.17. The van der Waals surface area contributed by atoms with Gasteiger partial charge in [-0.25, -0.2) is 0 Å². The maximum atomic E-state index is 13.0. The second-order valence-corrected chi connectivity index (χ2v) is 11.0. The van der Waals surface area contributed by atoms with Crippen LogP contribution in [0.5, 0.6) is 11.5 Å². The van der Waals surface area contributed by atoms with Gasteiger partial charge in [0.1, 0.15) is 0 Å². The lowest BCUT2D eigenvalue weighted by molar-refractivity contribution is -0.123. The molecule has 0 aliphatic carbocycles. The molecule has 0 radical (unpaired) electrons. The molecule has 3 amide bonds. The number of thioether (sulfide) groups is 1. The topological polar surface area (TPSA) is 84.9 Å². The van der Waals surface area contributed by atoms with E-state index in [1.807, 2.05) is 55.5 Å². The van der Waals surface area contributed by atoms with Gasteiger partial charge in [0.25, 0.3) is 17.1 Å². The second-order valence-electron chi connectivity index (χ2n) is 9.11. The number of imide groups is 1. The van der Waals surface area contributed by atoms with Gasteiger partial charge in [-0.15, -0.1) is 0 Å². The Hall–Kier alpha value is -3.56. The lowest BCUT2D eigenvalue weighted by atomic mass is 10.0. The summed E-state index contributed by atoms with van der Waals surface area (Å²) in [7, 11) is 0. The van der Waals surface area contributed by atoms with E-state index in [1.165, 1.54) is 4.90 Å². The van der Waals surface area contributed by atoms with Crippen molar-refractivity contribution in [3.05, 3.63) is 92.8 Å². The molecule has 0 spiro atoms. The summed E-state index contributed by atoms with van der Waals surface area (Å²) in [6.07, 6.45) is 1.66. The summed E-state index contributed by atoms with van der Waals surface area (Å²) >= 11 is 4.29. The minimum absolute atomic E-state index is 0.194. The molecular weight excluding hydrogens is 580 g/mol. The van der Waals surface area contributed by atoms with Crippen molar-refractivity contribution in [2.45, 2.75) is 33.2 Å². The summed E-state index contributed by atoms with van der Waals surface area (Å²) in [5, 5.41) is 2.60. The summed E-state index contributed by atoms with van der Waals surface area (Å²) in [5.74, 6) is 0.487. The van der Waals surface area contributed by atoms with E-state index < -0.39 is 0 Å². The van der Waals surface area contributed by atoms with Crippen LogP contribution < -0.4 is 14.8 Å². The van der Waals surface area contributed by atoms with Gasteiger partial charge in [0, 0.05) is 10.2 Å². The van der Waals surface area contributed by atoms with Crippen molar-refractivity contribution in [1.29, 1.82) is 0 Å². The SMILES string of the molecule is CCOc1cc(/C=C2/SC(=O)N(Cc3ccc(Br)cc3)C2=O)ccc1OCC(=O)Nc1ccccc1C(C)C. The Morgan fingerprint density at radius 2 is 1.77 bits per heavy atom. The van der Waals surface area contributed by atoms with Crippen molar-refractivity contribution < 1.29 is 23.9 Å². The zero-order valence-electron chi connectivity index (χ0n) is 21.9. The second kappa shape index (κ2) is 13.0. The molecule has 7 nitrogen and oxygen atoms in total. The van der Waals surface area contributed by atoms with Crippen molar-refractivity contribution >= 4 is 56.5 Å². The summed E-state index contributed by atoms with van der Waals surface area (Å²) in [5.41, 5.74) is 3.34. The Bertz CT molecular complexity index is 1400. The number of benzene rings is 3. The van der Waals surface area contributed by atoms with E-state index in [0.29, 0.717) is 28.6 Å². The van der Waals surface area contributed by atoms with Gasteiger partial charge >= 0.3 is 0 Å². The summed E-state index contributed by atoms with van der Waals surface area (Å²) < 4.78 is 12.5. The summed E-state index contributed by atoms with van der Waals surface area (Å²) in [4.78, 5) is 39.7. The molecule has 9 heteroatoms. The molecule has 0 saturated carbocycles. The third-order valence-corrected chi connectivity index (χ3v) is 7.34. The zero-order valence-corrected chi connectivity index (χ0v) is 24.3. The summed E-state index contributed by atoms with van der Waals surface area (Å²) in [6, 6.07) is 20.3. The van der Waals surface area contributed by atoms with Crippen LogP contribution in [0.1, 0.15) is 43.4 Å². The molecular formula is C30H29BrN2O5S. The molecule has 202 valence electrons. The molecule has 1 heterocycles. The standard InChI is InChI=1S/C30H29BrN2O5S/c1-4-37-26-15-21(16-27-29(35)33(30(36)39-27)17-20-9-12-22(31)13-10-20)11-14-25(26)38-18-28(34)32-24-8-6-5-7-23(24)19(2)3/h5-16,19H,4,17-18H2,1-3H3,(H,32,34)/b27-16+. The van der Waals surface area contributed by atoms with Gasteiger partial charge in [-0.2, -0.15) is 0 Å². The smallest absolute Gasteiger partial charge is 0.293 e. The van der Waals surface area contributed by atoms with E-state index in [0.717, 1.165) is 33.0 Å². The predicted molar refractivity (Wildman–Crippen MR) is 158 cm³/mol. The van der Waals surface area contributed by atoms with Crippen LogP contribution in [0, 0.1) is 0 Å². The van der Waals surface area contributed by atoms with Crippen LogP contribution in [0.4, 0.5) is 10.5 Å². The molecule has 3 aromatic rings. The fraction of sp³-hybridized carbons (Fsp3) is 0.233. The highest BCUT2D eigenvalue weighted by atomic mass is 79.9. The number of anilines is 1. The van der Waals surface area contributed by atoms with Crippen LogP contribution in [0.15, 0.2) is 76.1 Å². The molecule has 1 N–H and O–H groups in total. The van der Waals surface area contributed by atoms with Crippen LogP contribution in [-0.2, 0) is 16.1 Å². The first-order chi connectivity index (χ1) is 18.7. The van der Waals surface area contributed by atoms with Crippen molar-refractivity contribution in [3.63, 3.8) is 0 Å².